The lowest BCUT2D eigenvalue weighted by Crippen LogP contribution is -2.43. The van der Waals surface area contributed by atoms with E-state index < -0.39 is 15.9 Å². The highest BCUT2D eigenvalue weighted by atomic mass is 79.9. The third kappa shape index (κ3) is 4.83. The van der Waals surface area contributed by atoms with Gasteiger partial charge in [-0.15, -0.1) is 4.83 Å². The predicted octanol–water partition coefficient (Wildman–Crippen LogP) is 1.84. The molecule has 0 aliphatic heterocycles. The van der Waals surface area contributed by atoms with Crippen LogP contribution in [0.1, 0.15) is 0 Å². The van der Waals surface area contributed by atoms with Gasteiger partial charge in [-0.05, 0) is 36.4 Å². The SMILES string of the molecule is O=C(COc1ccc(Br)cc1)NNS(=O)(=O)c1ccccc1. The van der Waals surface area contributed by atoms with Crippen molar-refractivity contribution in [2.45, 2.75) is 4.90 Å². The van der Waals surface area contributed by atoms with Crippen LogP contribution in [0, 0.1) is 0 Å². The van der Waals surface area contributed by atoms with E-state index in [9.17, 15) is 13.2 Å². The van der Waals surface area contributed by atoms with Crippen molar-refractivity contribution >= 4 is 31.9 Å². The predicted molar refractivity (Wildman–Crippen MR) is 84.5 cm³/mol. The van der Waals surface area contributed by atoms with Gasteiger partial charge < -0.3 is 4.74 Å². The molecule has 2 N–H and O–H groups in total. The average Bonchev–Trinajstić information content (AvgIpc) is 2.53. The van der Waals surface area contributed by atoms with Crippen molar-refractivity contribution in [2.75, 3.05) is 6.61 Å². The Morgan fingerprint density at radius 2 is 1.68 bits per heavy atom. The van der Waals surface area contributed by atoms with E-state index in [0.717, 1.165) is 4.47 Å². The molecular formula is C14H13BrN2O4S. The molecule has 0 bridgehead atoms. The van der Waals surface area contributed by atoms with Crippen LogP contribution in [0.2, 0.25) is 0 Å². The lowest BCUT2D eigenvalue weighted by molar-refractivity contribution is -0.123. The zero-order valence-corrected chi connectivity index (χ0v) is 13.7. The summed E-state index contributed by atoms with van der Waals surface area (Å²) in [4.78, 5) is 13.7. The molecule has 0 aliphatic rings. The Balaban J connectivity index is 1.84. The molecule has 0 aliphatic carbocycles. The molecule has 0 saturated heterocycles. The third-order valence-electron chi connectivity index (χ3n) is 2.56. The fraction of sp³-hybridized carbons (Fsp3) is 0.0714. The van der Waals surface area contributed by atoms with E-state index in [1.807, 2.05) is 4.83 Å². The molecule has 6 nitrogen and oxygen atoms in total. The zero-order valence-electron chi connectivity index (χ0n) is 11.3. The highest BCUT2D eigenvalue weighted by Crippen LogP contribution is 2.15. The van der Waals surface area contributed by atoms with E-state index in [2.05, 4.69) is 21.4 Å². The van der Waals surface area contributed by atoms with E-state index in [1.54, 1.807) is 42.5 Å². The van der Waals surface area contributed by atoms with Crippen molar-refractivity contribution < 1.29 is 17.9 Å². The molecule has 0 unspecified atom stereocenters. The van der Waals surface area contributed by atoms with Gasteiger partial charge in [0, 0.05) is 4.47 Å². The molecule has 0 heterocycles. The smallest absolute Gasteiger partial charge is 0.272 e. The number of sulfonamides is 1. The van der Waals surface area contributed by atoms with Crippen LogP contribution in [0.5, 0.6) is 5.75 Å². The number of halogens is 1. The number of carbonyl (C=O) groups excluding carboxylic acids is 1. The van der Waals surface area contributed by atoms with E-state index >= 15 is 0 Å². The van der Waals surface area contributed by atoms with Crippen LogP contribution in [-0.2, 0) is 14.8 Å². The van der Waals surface area contributed by atoms with Crippen LogP contribution < -0.4 is 15.0 Å². The van der Waals surface area contributed by atoms with Crippen LogP contribution in [0.25, 0.3) is 0 Å². The van der Waals surface area contributed by atoms with Crippen LogP contribution in [0.4, 0.5) is 0 Å². The van der Waals surface area contributed by atoms with Crippen molar-refractivity contribution in [1.82, 2.24) is 10.3 Å². The van der Waals surface area contributed by atoms with E-state index in [1.165, 1.54) is 12.1 Å². The summed E-state index contributed by atoms with van der Waals surface area (Å²) in [6.07, 6.45) is 0. The number of hydrogen-bond acceptors (Lipinski definition) is 4. The van der Waals surface area contributed by atoms with Gasteiger partial charge in [0.1, 0.15) is 5.75 Å². The standard InChI is InChI=1S/C14H13BrN2O4S/c15-11-6-8-12(9-7-11)21-10-14(18)16-17-22(19,20)13-4-2-1-3-5-13/h1-9,17H,10H2,(H,16,18). The zero-order chi connectivity index (χ0) is 16.0. The topological polar surface area (TPSA) is 84.5 Å². The lowest BCUT2D eigenvalue weighted by Gasteiger charge is -2.09. The van der Waals surface area contributed by atoms with Crippen LogP contribution in [-0.4, -0.2) is 20.9 Å². The number of hydrogen-bond donors (Lipinski definition) is 2. The average molecular weight is 385 g/mol. The third-order valence-corrected chi connectivity index (χ3v) is 4.35. The van der Waals surface area contributed by atoms with Gasteiger partial charge in [-0.25, -0.2) is 8.42 Å². The van der Waals surface area contributed by atoms with Crippen molar-refractivity contribution in [3.63, 3.8) is 0 Å². The van der Waals surface area contributed by atoms with Crippen LogP contribution in [0.15, 0.2) is 64.0 Å². The first-order valence-electron chi connectivity index (χ1n) is 6.21. The minimum Gasteiger partial charge on any atom is -0.484 e. The number of nitrogens with one attached hydrogen (secondary N) is 2. The highest BCUT2D eigenvalue weighted by Gasteiger charge is 2.14. The second-order valence-corrected chi connectivity index (χ2v) is 6.81. The summed E-state index contributed by atoms with van der Waals surface area (Å²) >= 11 is 3.28. The molecule has 0 atom stereocenters. The molecule has 2 aromatic carbocycles. The number of rotatable bonds is 6. The molecule has 116 valence electrons. The van der Waals surface area contributed by atoms with Crippen molar-refractivity contribution in [3.05, 3.63) is 59.1 Å². The molecule has 0 radical (unpaired) electrons. The Morgan fingerprint density at radius 1 is 1.05 bits per heavy atom. The van der Waals surface area contributed by atoms with E-state index in [0.29, 0.717) is 5.75 Å². The molecule has 0 spiro atoms. The number of amides is 1. The highest BCUT2D eigenvalue weighted by molar-refractivity contribution is 9.10. The van der Waals surface area contributed by atoms with Gasteiger partial charge in [-0.3, -0.25) is 10.2 Å². The summed E-state index contributed by atoms with van der Waals surface area (Å²) in [5.41, 5.74) is 2.09. The summed E-state index contributed by atoms with van der Waals surface area (Å²) in [5, 5.41) is 0. The van der Waals surface area contributed by atoms with Gasteiger partial charge in [0.05, 0.1) is 4.90 Å². The minimum atomic E-state index is -3.79. The maximum atomic E-state index is 11.9. The Hall–Kier alpha value is -1.90. The number of carbonyl (C=O) groups is 1. The van der Waals surface area contributed by atoms with Gasteiger partial charge >= 0.3 is 0 Å². The Bertz CT molecular complexity index is 733. The Labute approximate surface area is 136 Å². The Morgan fingerprint density at radius 3 is 2.32 bits per heavy atom. The summed E-state index contributed by atoms with van der Waals surface area (Å²) in [6.45, 7) is -0.307. The summed E-state index contributed by atoms with van der Waals surface area (Å²) in [5.74, 6) is -0.105. The van der Waals surface area contributed by atoms with Crippen molar-refractivity contribution in [1.29, 1.82) is 0 Å². The van der Waals surface area contributed by atoms with Gasteiger partial charge in [-0.2, -0.15) is 0 Å². The van der Waals surface area contributed by atoms with Gasteiger partial charge in [-0.1, -0.05) is 34.1 Å². The van der Waals surface area contributed by atoms with Gasteiger partial charge in [0.2, 0.25) is 0 Å². The molecule has 0 aromatic heterocycles. The second kappa shape index (κ2) is 7.39. The monoisotopic (exact) mass is 384 g/mol. The lowest BCUT2D eigenvalue weighted by atomic mass is 10.3. The number of hydrazine groups is 1. The first-order valence-corrected chi connectivity index (χ1v) is 8.49. The summed E-state index contributed by atoms with van der Waals surface area (Å²) in [6, 6.07) is 14.6. The van der Waals surface area contributed by atoms with Gasteiger partial charge in [0.25, 0.3) is 15.9 Å². The quantitative estimate of drug-likeness (QED) is 0.744. The molecule has 22 heavy (non-hydrogen) atoms. The Kier molecular flexibility index (Phi) is 5.53. The molecule has 0 fully saturated rings. The minimum absolute atomic E-state index is 0.0594. The second-order valence-electron chi connectivity index (χ2n) is 4.21. The largest absolute Gasteiger partial charge is 0.484 e. The molecule has 8 heteroatoms. The summed E-state index contributed by atoms with van der Waals surface area (Å²) in [7, 11) is -3.79. The van der Waals surface area contributed by atoms with Crippen molar-refractivity contribution in [3.8, 4) is 5.75 Å². The number of benzene rings is 2. The maximum absolute atomic E-state index is 11.9. The van der Waals surface area contributed by atoms with Crippen LogP contribution >= 0.6 is 15.9 Å². The number of ether oxygens (including phenoxy) is 1. The first-order chi connectivity index (χ1) is 10.5. The van der Waals surface area contributed by atoms with Gasteiger partial charge in [0.15, 0.2) is 6.61 Å². The molecule has 2 rings (SSSR count). The molecule has 0 saturated carbocycles. The maximum Gasteiger partial charge on any atom is 0.272 e. The fourth-order valence-corrected chi connectivity index (χ4v) is 2.64. The summed E-state index contributed by atoms with van der Waals surface area (Å²) < 4.78 is 29.9. The first kappa shape index (κ1) is 16.5. The van der Waals surface area contributed by atoms with E-state index in [4.69, 9.17) is 4.74 Å². The molecular weight excluding hydrogens is 372 g/mol. The normalized spacial score (nSPS) is 11.0. The van der Waals surface area contributed by atoms with Crippen LogP contribution in [0.3, 0.4) is 0 Å². The molecule has 1 amide bonds. The van der Waals surface area contributed by atoms with E-state index in [-0.39, 0.29) is 11.5 Å². The fourth-order valence-electron chi connectivity index (χ4n) is 1.50. The molecule has 2 aromatic rings. The van der Waals surface area contributed by atoms with Crippen molar-refractivity contribution in [2.24, 2.45) is 0 Å².